The quantitative estimate of drug-likeness (QED) is 0.324. The van der Waals surface area contributed by atoms with Gasteiger partial charge in [0.15, 0.2) is 27.3 Å². The fourth-order valence-corrected chi connectivity index (χ4v) is 8.02. The van der Waals surface area contributed by atoms with Crippen molar-refractivity contribution in [1.82, 2.24) is 10.3 Å². The summed E-state index contributed by atoms with van der Waals surface area (Å²) in [5.74, 6) is -5.62. The van der Waals surface area contributed by atoms with Crippen LogP contribution in [0.15, 0.2) is 59.8 Å². The van der Waals surface area contributed by atoms with Gasteiger partial charge in [0.25, 0.3) is 5.91 Å². The molecular formula is C27H24ClF3N4O4S. The van der Waals surface area contributed by atoms with Crippen LogP contribution in [0.4, 0.5) is 29.3 Å². The van der Waals surface area contributed by atoms with Gasteiger partial charge in [0.2, 0.25) is 0 Å². The first-order valence-corrected chi connectivity index (χ1v) is 14.4. The Hall–Kier alpha value is -3.64. The number of sulfone groups is 1. The van der Waals surface area contributed by atoms with Gasteiger partial charge in [-0.3, -0.25) is 9.78 Å². The predicted molar refractivity (Wildman–Crippen MR) is 142 cm³/mol. The number of nitrogens with zero attached hydrogens (tertiary/aromatic N) is 1. The molecule has 2 aromatic carbocycles. The molecule has 210 valence electrons. The monoisotopic (exact) mass is 592 g/mol. The third kappa shape index (κ3) is 5.64. The Morgan fingerprint density at radius 3 is 2.23 bits per heavy atom. The van der Waals surface area contributed by atoms with Crippen LogP contribution >= 0.6 is 11.6 Å². The summed E-state index contributed by atoms with van der Waals surface area (Å²) in [4.78, 5) is 29.0. The van der Waals surface area contributed by atoms with Gasteiger partial charge in [-0.05, 0) is 67.9 Å². The number of carbonyl (C=O) groups is 2. The molecule has 2 atom stereocenters. The number of rotatable bonds is 6. The Kier molecular flexibility index (Phi) is 7.74. The van der Waals surface area contributed by atoms with Gasteiger partial charge in [0.05, 0.1) is 27.1 Å². The molecule has 2 fully saturated rings. The highest BCUT2D eigenvalue weighted by Gasteiger charge is 2.47. The highest BCUT2D eigenvalue weighted by molar-refractivity contribution is 7.92. The molecule has 2 aliphatic carbocycles. The van der Waals surface area contributed by atoms with E-state index in [-0.39, 0.29) is 45.1 Å². The molecule has 0 radical (unpaired) electrons. The first kappa shape index (κ1) is 27.9. The van der Waals surface area contributed by atoms with Gasteiger partial charge in [0.1, 0.15) is 0 Å². The summed E-state index contributed by atoms with van der Waals surface area (Å²) in [6.45, 7) is 0. The van der Waals surface area contributed by atoms with Crippen LogP contribution in [0.3, 0.4) is 0 Å². The summed E-state index contributed by atoms with van der Waals surface area (Å²) in [5.41, 5.74) is 0.0890. The number of benzene rings is 2. The van der Waals surface area contributed by atoms with Crippen LogP contribution in [0.5, 0.6) is 0 Å². The van der Waals surface area contributed by atoms with E-state index in [2.05, 4.69) is 20.9 Å². The van der Waals surface area contributed by atoms with Gasteiger partial charge < -0.3 is 16.0 Å². The van der Waals surface area contributed by atoms with E-state index in [0.717, 1.165) is 18.9 Å². The van der Waals surface area contributed by atoms with Crippen molar-refractivity contribution in [3.05, 3.63) is 82.9 Å². The van der Waals surface area contributed by atoms with Crippen LogP contribution in [0.1, 0.15) is 36.0 Å². The average molecular weight is 593 g/mol. The SMILES string of the molecule is O=C(Nc1cccnc1)NC1C2CCC1CC(S(=O)(=O)c1cc(C(=O)Nc3cc(F)c(F)c(F)c3)ccc1Cl)C2. The molecule has 2 aliphatic rings. The van der Waals surface area contributed by atoms with Crippen molar-refractivity contribution in [2.75, 3.05) is 10.6 Å². The zero-order valence-corrected chi connectivity index (χ0v) is 22.4. The molecule has 0 aliphatic heterocycles. The van der Waals surface area contributed by atoms with Crippen LogP contribution in [-0.4, -0.2) is 36.6 Å². The number of hydrogen-bond acceptors (Lipinski definition) is 5. The summed E-state index contributed by atoms with van der Waals surface area (Å²) in [7, 11) is -3.99. The second-order valence-electron chi connectivity index (χ2n) is 9.96. The number of halogens is 4. The maximum atomic E-state index is 13.7. The molecule has 8 nitrogen and oxygen atoms in total. The summed E-state index contributed by atoms with van der Waals surface area (Å²) in [6.07, 6.45) is 5.24. The van der Waals surface area contributed by atoms with Crippen molar-refractivity contribution in [3.8, 4) is 0 Å². The van der Waals surface area contributed by atoms with Crippen LogP contribution < -0.4 is 16.0 Å². The van der Waals surface area contributed by atoms with Crippen LogP contribution in [0.2, 0.25) is 5.02 Å². The fourth-order valence-electron chi connectivity index (χ4n) is 5.59. The molecule has 13 heteroatoms. The minimum absolute atomic E-state index is 0.0632. The van der Waals surface area contributed by atoms with Crippen LogP contribution in [-0.2, 0) is 9.84 Å². The standard InChI is InChI=1S/C27H24ClF3N4O4S/c28-20-6-5-16(26(36)33-18-11-21(29)24(31)22(30)12-18)10-23(20)40(38,39)19-8-14-3-4-15(9-19)25(14)35-27(37)34-17-2-1-7-32-13-17/h1-2,5-7,10-15,19,25H,3-4,8-9H2,(H,33,36)(H2,34,35,37). The lowest BCUT2D eigenvalue weighted by atomic mass is 9.84. The zero-order chi connectivity index (χ0) is 28.6. The van der Waals surface area contributed by atoms with Gasteiger partial charge in [-0.2, -0.15) is 0 Å². The first-order valence-electron chi connectivity index (χ1n) is 12.5. The van der Waals surface area contributed by atoms with Crippen LogP contribution in [0.25, 0.3) is 0 Å². The molecule has 2 unspecified atom stereocenters. The van der Waals surface area contributed by atoms with E-state index in [0.29, 0.717) is 30.7 Å². The molecule has 0 saturated heterocycles. The Morgan fingerprint density at radius 2 is 1.60 bits per heavy atom. The number of anilines is 2. The maximum Gasteiger partial charge on any atom is 0.319 e. The highest BCUT2D eigenvalue weighted by Crippen LogP contribution is 2.46. The van der Waals surface area contributed by atoms with E-state index in [4.69, 9.17) is 11.6 Å². The molecule has 0 spiro atoms. The zero-order valence-electron chi connectivity index (χ0n) is 20.8. The van der Waals surface area contributed by atoms with E-state index in [9.17, 15) is 31.2 Å². The summed E-state index contributed by atoms with van der Waals surface area (Å²) >= 11 is 6.26. The lowest BCUT2D eigenvalue weighted by Crippen LogP contribution is -2.48. The normalized spacial score (nSPS) is 22.0. The molecule has 2 saturated carbocycles. The number of hydrogen-bond donors (Lipinski definition) is 3. The largest absolute Gasteiger partial charge is 0.335 e. The van der Waals surface area contributed by atoms with Crippen molar-refractivity contribution in [2.45, 2.75) is 41.9 Å². The van der Waals surface area contributed by atoms with Crippen molar-refractivity contribution < 1.29 is 31.2 Å². The van der Waals surface area contributed by atoms with Gasteiger partial charge in [-0.15, -0.1) is 0 Å². The lowest BCUT2D eigenvalue weighted by Gasteiger charge is -2.35. The number of carbonyl (C=O) groups excluding carboxylic acids is 2. The molecule has 40 heavy (non-hydrogen) atoms. The first-order chi connectivity index (χ1) is 19.0. The Labute approximate surface area is 233 Å². The molecule has 2 bridgehead atoms. The Morgan fingerprint density at radius 1 is 0.925 bits per heavy atom. The fraction of sp³-hybridized carbons (Fsp3) is 0.296. The third-order valence-corrected chi connectivity index (χ3v) is 10.1. The van der Waals surface area contributed by atoms with Gasteiger partial charge in [-0.1, -0.05) is 11.6 Å². The van der Waals surface area contributed by atoms with Crippen molar-refractivity contribution in [3.63, 3.8) is 0 Å². The number of nitrogens with one attached hydrogen (secondary N) is 3. The Bertz CT molecular complexity index is 1540. The predicted octanol–water partition coefficient (Wildman–Crippen LogP) is 5.56. The third-order valence-electron chi connectivity index (χ3n) is 7.45. The number of aromatic nitrogens is 1. The van der Waals surface area contributed by atoms with E-state index < -0.39 is 38.4 Å². The lowest BCUT2D eigenvalue weighted by molar-refractivity contribution is 0.102. The second kappa shape index (κ2) is 11.1. The second-order valence-corrected chi connectivity index (χ2v) is 12.6. The molecule has 1 heterocycles. The summed E-state index contributed by atoms with van der Waals surface area (Å²) < 4.78 is 67.7. The van der Waals surface area contributed by atoms with Crippen molar-refractivity contribution >= 4 is 44.8 Å². The molecule has 1 aromatic heterocycles. The molecule has 3 aromatic rings. The number of fused-ring (bicyclic) bond motifs is 2. The maximum absolute atomic E-state index is 13.7. The summed E-state index contributed by atoms with van der Waals surface area (Å²) in [5, 5.41) is 7.10. The van der Waals surface area contributed by atoms with Crippen molar-refractivity contribution in [1.29, 1.82) is 0 Å². The van der Waals surface area contributed by atoms with Gasteiger partial charge in [-0.25, -0.2) is 26.4 Å². The highest BCUT2D eigenvalue weighted by atomic mass is 35.5. The average Bonchev–Trinajstić information content (AvgIpc) is 3.13. The molecule has 3 amide bonds. The molecule has 3 N–H and O–H groups in total. The van der Waals surface area contributed by atoms with E-state index in [1.54, 1.807) is 18.3 Å². The van der Waals surface area contributed by atoms with Crippen LogP contribution in [0, 0.1) is 29.3 Å². The minimum Gasteiger partial charge on any atom is -0.335 e. The van der Waals surface area contributed by atoms with Gasteiger partial charge in [0, 0.05) is 35.6 Å². The number of urea groups is 1. The van der Waals surface area contributed by atoms with E-state index in [1.807, 2.05) is 0 Å². The molecular weight excluding hydrogens is 569 g/mol. The molecule has 5 rings (SSSR count). The Balaban J connectivity index is 1.30. The number of pyridine rings is 1. The topological polar surface area (TPSA) is 117 Å². The van der Waals surface area contributed by atoms with Gasteiger partial charge >= 0.3 is 6.03 Å². The van der Waals surface area contributed by atoms with Crippen molar-refractivity contribution in [2.24, 2.45) is 11.8 Å². The smallest absolute Gasteiger partial charge is 0.319 e. The van der Waals surface area contributed by atoms with E-state index in [1.165, 1.54) is 18.3 Å². The minimum atomic E-state index is -3.99. The number of amides is 3. The summed E-state index contributed by atoms with van der Waals surface area (Å²) in [6, 6.07) is 7.72. The van der Waals surface area contributed by atoms with E-state index >= 15 is 0 Å².